The molecule has 4 nitrogen and oxygen atoms in total. The minimum atomic E-state index is -0.936. The number of esters is 1. The summed E-state index contributed by atoms with van der Waals surface area (Å²) in [6.07, 6.45) is 0.808. The third-order valence-electron chi connectivity index (χ3n) is 2.19. The first-order chi connectivity index (χ1) is 9.03. The molecule has 0 aliphatic rings. The molecule has 0 aromatic heterocycles. The summed E-state index contributed by atoms with van der Waals surface area (Å²) in [6.45, 7) is 1.62. The van der Waals surface area contributed by atoms with Gasteiger partial charge in [-0.1, -0.05) is 0 Å². The van der Waals surface area contributed by atoms with Gasteiger partial charge in [0, 0.05) is 17.7 Å². The Balaban J connectivity index is 3.23. The van der Waals surface area contributed by atoms with E-state index in [0.717, 1.165) is 18.2 Å². The summed E-state index contributed by atoms with van der Waals surface area (Å²) in [4.78, 5) is 11.3. The Morgan fingerprint density at radius 2 is 2.00 bits per heavy atom. The van der Waals surface area contributed by atoms with Gasteiger partial charge in [0.05, 0.1) is 13.7 Å². The molecular formula is C13H11F2NO3. The highest BCUT2D eigenvalue weighted by atomic mass is 19.1. The van der Waals surface area contributed by atoms with Crippen molar-refractivity contribution in [2.45, 2.75) is 6.92 Å². The summed E-state index contributed by atoms with van der Waals surface area (Å²) in [6, 6.07) is 3.45. The van der Waals surface area contributed by atoms with Crippen LogP contribution in [0.4, 0.5) is 8.78 Å². The number of rotatable bonds is 4. The van der Waals surface area contributed by atoms with Crippen molar-refractivity contribution in [2.24, 2.45) is 0 Å². The molecule has 0 saturated heterocycles. The van der Waals surface area contributed by atoms with E-state index in [2.05, 4.69) is 4.74 Å². The fraction of sp³-hybridized carbons (Fsp3) is 0.231. The van der Waals surface area contributed by atoms with Gasteiger partial charge in [0.15, 0.2) is 0 Å². The average Bonchev–Trinajstić information content (AvgIpc) is 2.38. The minimum Gasteiger partial charge on any atom is -0.497 e. The Morgan fingerprint density at radius 3 is 2.42 bits per heavy atom. The van der Waals surface area contributed by atoms with Gasteiger partial charge in [-0.2, -0.15) is 5.26 Å². The zero-order valence-electron chi connectivity index (χ0n) is 10.4. The van der Waals surface area contributed by atoms with Crippen LogP contribution >= 0.6 is 0 Å². The van der Waals surface area contributed by atoms with Crippen LogP contribution in [0.1, 0.15) is 12.5 Å². The number of hydrogen-bond acceptors (Lipinski definition) is 4. The number of hydrogen-bond donors (Lipinski definition) is 0. The molecule has 0 radical (unpaired) electrons. The zero-order chi connectivity index (χ0) is 14.4. The highest BCUT2D eigenvalue weighted by Gasteiger charge is 2.15. The molecule has 0 saturated carbocycles. The molecule has 1 aromatic carbocycles. The lowest BCUT2D eigenvalue weighted by atomic mass is 10.1. The maximum Gasteiger partial charge on any atom is 0.348 e. The monoisotopic (exact) mass is 267 g/mol. The molecular weight excluding hydrogens is 256 g/mol. The summed E-state index contributed by atoms with van der Waals surface area (Å²) in [5, 5.41) is 8.78. The van der Waals surface area contributed by atoms with Gasteiger partial charge in [0.25, 0.3) is 0 Å². The van der Waals surface area contributed by atoms with Gasteiger partial charge < -0.3 is 9.47 Å². The second-order valence-electron chi connectivity index (χ2n) is 3.40. The van der Waals surface area contributed by atoms with E-state index >= 15 is 0 Å². The Morgan fingerprint density at radius 1 is 1.42 bits per heavy atom. The van der Waals surface area contributed by atoms with Crippen LogP contribution in [0.25, 0.3) is 6.08 Å². The molecule has 1 rings (SSSR count). The van der Waals surface area contributed by atoms with Crippen molar-refractivity contribution in [1.29, 1.82) is 5.26 Å². The van der Waals surface area contributed by atoms with Crippen LogP contribution < -0.4 is 4.74 Å². The van der Waals surface area contributed by atoms with Crippen molar-refractivity contribution >= 4 is 12.0 Å². The first-order valence-electron chi connectivity index (χ1n) is 5.35. The Hall–Kier alpha value is -2.42. The van der Waals surface area contributed by atoms with E-state index in [-0.39, 0.29) is 12.4 Å². The van der Waals surface area contributed by atoms with Crippen molar-refractivity contribution in [1.82, 2.24) is 0 Å². The minimum absolute atomic E-state index is 0.00166. The Bertz CT molecular complexity index is 538. The van der Waals surface area contributed by atoms with Gasteiger partial charge in [-0.25, -0.2) is 13.6 Å². The number of halogens is 2. The van der Waals surface area contributed by atoms with Gasteiger partial charge in [0.2, 0.25) is 0 Å². The van der Waals surface area contributed by atoms with Gasteiger partial charge in [0.1, 0.15) is 29.0 Å². The number of nitriles is 1. The summed E-state index contributed by atoms with van der Waals surface area (Å²) >= 11 is 0. The second kappa shape index (κ2) is 6.50. The van der Waals surface area contributed by atoms with Crippen molar-refractivity contribution in [2.75, 3.05) is 13.7 Å². The first kappa shape index (κ1) is 14.6. The number of carbonyl (C=O) groups is 1. The predicted molar refractivity (Wildman–Crippen MR) is 63.1 cm³/mol. The molecule has 0 atom stereocenters. The van der Waals surface area contributed by atoms with Crippen LogP contribution in [0.3, 0.4) is 0 Å². The van der Waals surface area contributed by atoms with E-state index < -0.39 is 28.7 Å². The number of benzene rings is 1. The smallest absolute Gasteiger partial charge is 0.348 e. The summed E-state index contributed by atoms with van der Waals surface area (Å²) in [7, 11) is 1.27. The Kier molecular flexibility index (Phi) is 5.01. The molecule has 1 aromatic rings. The van der Waals surface area contributed by atoms with Crippen LogP contribution in [-0.2, 0) is 9.53 Å². The highest BCUT2D eigenvalue weighted by Crippen LogP contribution is 2.22. The maximum absolute atomic E-state index is 13.6. The molecule has 0 amide bonds. The highest BCUT2D eigenvalue weighted by molar-refractivity contribution is 5.97. The lowest BCUT2D eigenvalue weighted by molar-refractivity contribution is -0.137. The zero-order valence-corrected chi connectivity index (χ0v) is 10.4. The predicted octanol–water partition coefficient (Wildman–Crippen LogP) is 2.44. The maximum atomic E-state index is 13.6. The Labute approximate surface area is 108 Å². The van der Waals surface area contributed by atoms with Crippen molar-refractivity contribution < 1.29 is 23.0 Å². The van der Waals surface area contributed by atoms with E-state index in [0.29, 0.717) is 0 Å². The van der Waals surface area contributed by atoms with E-state index in [9.17, 15) is 13.6 Å². The van der Waals surface area contributed by atoms with E-state index in [1.807, 2.05) is 0 Å². The van der Waals surface area contributed by atoms with Crippen molar-refractivity contribution in [3.63, 3.8) is 0 Å². The molecule has 0 fully saturated rings. The van der Waals surface area contributed by atoms with Crippen LogP contribution in [0.15, 0.2) is 17.7 Å². The van der Waals surface area contributed by atoms with Gasteiger partial charge >= 0.3 is 5.97 Å². The standard InChI is InChI=1S/C13H11F2NO3/c1-3-19-13(17)8(7-16)4-10-11(14)5-9(18-2)6-12(10)15/h4-6H,3H2,1-2H3. The van der Waals surface area contributed by atoms with Crippen LogP contribution in [0.5, 0.6) is 5.75 Å². The molecule has 6 heteroatoms. The quantitative estimate of drug-likeness (QED) is 0.477. The van der Waals surface area contributed by atoms with Gasteiger partial charge in [-0.3, -0.25) is 0 Å². The summed E-state index contributed by atoms with van der Waals surface area (Å²) in [5.41, 5.74) is -0.977. The summed E-state index contributed by atoms with van der Waals surface area (Å²) in [5.74, 6) is -2.80. The lowest BCUT2D eigenvalue weighted by Gasteiger charge is -2.05. The molecule has 0 spiro atoms. The van der Waals surface area contributed by atoms with E-state index in [1.54, 1.807) is 13.0 Å². The number of methoxy groups -OCH3 is 1. The topological polar surface area (TPSA) is 59.3 Å². The molecule has 0 aliphatic heterocycles. The van der Waals surface area contributed by atoms with Crippen LogP contribution in [0.2, 0.25) is 0 Å². The third kappa shape index (κ3) is 3.52. The lowest BCUT2D eigenvalue weighted by Crippen LogP contribution is -2.06. The molecule has 0 heterocycles. The fourth-order valence-corrected chi connectivity index (χ4v) is 1.31. The van der Waals surface area contributed by atoms with Gasteiger partial charge in [-0.15, -0.1) is 0 Å². The molecule has 19 heavy (non-hydrogen) atoms. The summed E-state index contributed by atoms with van der Waals surface area (Å²) < 4.78 is 36.5. The molecule has 0 N–H and O–H groups in total. The number of carbonyl (C=O) groups excluding carboxylic acids is 1. The normalized spacial score (nSPS) is 10.8. The van der Waals surface area contributed by atoms with Crippen LogP contribution in [-0.4, -0.2) is 19.7 Å². The van der Waals surface area contributed by atoms with E-state index in [4.69, 9.17) is 10.00 Å². The van der Waals surface area contributed by atoms with Crippen molar-refractivity contribution in [3.8, 4) is 11.8 Å². The molecule has 0 bridgehead atoms. The van der Waals surface area contributed by atoms with Crippen LogP contribution in [0, 0.1) is 23.0 Å². The molecule has 0 unspecified atom stereocenters. The molecule has 100 valence electrons. The van der Waals surface area contributed by atoms with E-state index in [1.165, 1.54) is 7.11 Å². The second-order valence-corrected chi connectivity index (χ2v) is 3.40. The SMILES string of the molecule is CCOC(=O)C(C#N)=Cc1c(F)cc(OC)cc1F. The fourth-order valence-electron chi connectivity index (χ4n) is 1.31. The third-order valence-corrected chi connectivity index (χ3v) is 2.19. The van der Waals surface area contributed by atoms with Gasteiger partial charge in [-0.05, 0) is 13.0 Å². The largest absolute Gasteiger partial charge is 0.497 e. The molecule has 0 aliphatic carbocycles. The number of nitrogens with zero attached hydrogens (tertiary/aromatic N) is 1. The first-order valence-corrected chi connectivity index (χ1v) is 5.35. The van der Waals surface area contributed by atoms with Crippen molar-refractivity contribution in [3.05, 3.63) is 34.9 Å². The average molecular weight is 267 g/mol. The number of ether oxygens (including phenoxy) is 2.